The molecule has 0 radical (unpaired) electrons. The number of halogens is 1. The van der Waals surface area contributed by atoms with Crippen LogP contribution in [0.1, 0.15) is 19.8 Å². The largest absolute Gasteiger partial charge is 0.497 e. The van der Waals surface area contributed by atoms with Gasteiger partial charge in [-0.25, -0.2) is 8.42 Å². The zero-order valence-electron chi connectivity index (χ0n) is 17.1. The van der Waals surface area contributed by atoms with Gasteiger partial charge in [0, 0.05) is 17.6 Å². The molecule has 0 spiro atoms. The van der Waals surface area contributed by atoms with Gasteiger partial charge in [0.05, 0.1) is 22.2 Å². The van der Waals surface area contributed by atoms with Crippen LogP contribution in [0.5, 0.6) is 5.75 Å². The molecular weight excluding hydrogens is 502 g/mol. The van der Waals surface area contributed by atoms with E-state index in [4.69, 9.17) is 4.74 Å². The van der Waals surface area contributed by atoms with E-state index in [-0.39, 0.29) is 4.90 Å². The van der Waals surface area contributed by atoms with Crippen molar-refractivity contribution >= 4 is 53.4 Å². The van der Waals surface area contributed by atoms with Crippen molar-refractivity contribution in [1.29, 1.82) is 0 Å². The predicted octanol–water partition coefficient (Wildman–Crippen LogP) is 3.77. The van der Waals surface area contributed by atoms with Gasteiger partial charge < -0.3 is 9.30 Å². The molecule has 0 saturated carbocycles. The van der Waals surface area contributed by atoms with Crippen molar-refractivity contribution in [3.8, 4) is 5.75 Å². The first-order valence-electron chi connectivity index (χ1n) is 9.88. The number of fused-ring (bicyclic) bond motifs is 1. The molecule has 2 heterocycles. The number of ether oxygens (including phenoxy) is 1. The highest BCUT2D eigenvalue weighted by molar-refractivity contribution is 9.10. The first-order chi connectivity index (χ1) is 14.8. The fourth-order valence-corrected chi connectivity index (χ4v) is 7.07. The minimum atomic E-state index is -3.81. The van der Waals surface area contributed by atoms with Gasteiger partial charge in [-0.1, -0.05) is 27.3 Å². The van der Waals surface area contributed by atoms with E-state index in [0.29, 0.717) is 36.5 Å². The average Bonchev–Trinajstić information content (AvgIpc) is 3.38. The topological polar surface area (TPSA) is 81.0 Å². The van der Waals surface area contributed by atoms with Crippen molar-refractivity contribution < 1.29 is 17.9 Å². The number of aromatic nitrogens is 1. The molecule has 0 aliphatic carbocycles. The number of methoxy groups -OCH3 is 1. The Labute approximate surface area is 193 Å². The van der Waals surface area contributed by atoms with Crippen molar-refractivity contribution in [3.05, 3.63) is 51.7 Å². The van der Waals surface area contributed by atoms with Gasteiger partial charge in [0.15, 0.2) is 4.80 Å². The quantitative estimate of drug-likeness (QED) is 0.509. The molecule has 0 bridgehead atoms. The summed E-state index contributed by atoms with van der Waals surface area (Å²) < 4.78 is 36.7. The van der Waals surface area contributed by atoms with E-state index in [1.165, 1.54) is 34.9 Å². The van der Waals surface area contributed by atoms with E-state index < -0.39 is 22.0 Å². The molecule has 1 aliphatic heterocycles. The fourth-order valence-electron chi connectivity index (χ4n) is 3.76. The summed E-state index contributed by atoms with van der Waals surface area (Å²) in [6.07, 6.45) is 1.08. The van der Waals surface area contributed by atoms with E-state index >= 15 is 0 Å². The molecule has 4 rings (SSSR count). The van der Waals surface area contributed by atoms with Crippen molar-refractivity contribution in [3.63, 3.8) is 0 Å². The van der Waals surface area contributed by atoms with Crippen LogP contribution in [0.15, 0.2) is 56.8 Å². The van der Waals surface area contributed by atoms with E-state index in [1.807, 2.05) is 29.7 Å². The summed E-state index contributed by atoms with van der Waals surface area (Å²) in [5.41, 5.74) is 0.997. The number of aryl methyl sites for hydroxylation is 1. The van der Waals surface area contributed by atoms with Gasteiger partial charge in [-0.2, -0.15) is 9.30 Å². The number of hydrogen-bond donors (Lipinski definition) is 0. The summed E-state index contributed by atoms with van der Waals surface area (Å²) >= 11 is 4.89. The molecule has 1 atom stereocenters. The summed E-state index contributed by atoms with van der Waals surface area (Å²) in [6.45, 7) is 2.95. The lowest BCUT2D eigenvalue weighted by Crippen LogP contribution is -2.40. The molecule has 7 nitrogen and oxygen atoms in total. The Morgan fingerprint density at radius 2 is 2.00 bits per heavy atom. The zero-order chi connectivity index (χ0) is 22.2. The third-order valence-corrected chi connectivity index (χ3v) is 8.78. The smallest absolute Gasteiger partial charge is 0.266 e. The molecular formula is C21H22BrN3O4S2. The van der Waals surface area contributed by atoms with Crippen molar-refractivity contribution in [1.82, 2.24) is 8.87 Å². The van der Waals surface area contributed by atoms with Gasteiger partial charge in [0.1, 0.15) is 11.8 Å². The molecule has 1 unspecified atom stereocenters. The number of amides is 1. The summed E-state index contributed by atoms with van der Waals surface area (Å²) in [6, 6.07) is 11.3. The second kappa shape index (κ2) is 8.85. The SMILES string of the molecule is CCn1c(=NC(=O)C2CCCN2S(=O)(=O)c2ccc(OC)cc2)sc2cc(Br)ccc21. The first kappa shape index (κ1) is 22.2. The Morgan fingerprint density at radius 1 is 1.26 bits per heavy atom. The molecule has 1 saturated heterocycles. The molecule has 164 valence electrons. The maximum Gasteiger partial charge on any atom is 0.266 e. The monoisotopic (exact) mass is 523 g/mol. The summed E-state index contributed by atoms with van der Waals surface area (Å²) in [4.78, 5) is 18.2. The third kappa shape index (κ3) is 4.21. The summed E-state index contributed by atoms with van der Waals surface area (Å²) in [7, 11) is -2.29. The average molecular weight is 524 g/mol. The maximum absolute atomic E-state index is 13.2. The number of nitrogens with zero attached hydrogens (tertiary/aromatic N) is 3. The van der Waals surface area contributed by atoms with Crippen LogP contribution in [0.2, 0.25) is 0 Å². The molecule has 1 fully saturated rings. The van der Waals surface area contributed by atoms with Crippen molar-refractivity contribution in [2.45, 2.75) is 37.2 Å². The van der Waals surface area contributed by atoms with Crippen LogP contribution in [-0.2, 0) is 21.4 Å². The fraction of sp³-hybridized carbons (Fsp3) is 0.333. The second-order valence-corrected chi connectivity index (χ2v) is 11.0. The third-order valence-electron chi connectivity index (χ3n) is 5.32. The second-order valence-electron chi connectivity index (χ2n) is 7.14. The van der Waals surface area contributed by atoms with Crippen LogP contribution in [0.4, 0.5) is 0 Å². The molecule has 0 N–H and O–H groups in total. The highest BCUT2D eigenvalue weighted by atomic mass is 79.9. The Morgan fingerprint density at radius 3 is 2.68 bits per heavy atom. The molecule has 31 heavy (non-hydrogen) atoms. The van der Waals surface area contributed by atoms with Gasteiger partial charge in [0.2, 0.25) is 10.0 Å². The van der Waals surface area contributed by atoms with Gasteiger partial charge in [-0.15, -0.1) is 0 Å². The van der Waals surface area contributed by atoms with Gasteiger partial charge in [-0.05, 0) is 62.2 Å². The van der Waals surface area contributed by atoms with Crippen LogP contribution in [0.3, 0.4) is 0 Å². The molecule has 1 aromatic heterocycles. The lowest BCUT2D eigenvalue weighted by atomic mass is 10.2. The van der Waals surface area contributed by atoms with Crippen LogP contribution in [-0.4, -0.2) is 42.9 Å². The molecule has 3 aromatic rings. The van der Waals surface area contributed by atoms with E-state index in [1.54, 1.807) is 12.1 Å². The Bertz CT molecular complexity index is 1300. The normalized spacial score (nSPS) is 18.0. The van der Waals surface area contributed by atoms with E-state index in [0.717, 1.165) is 14.7 Å². The van der Waals surface area contributed by atoms with Gasteiger partial charge >= 0.3 is 0 Å². The van der Waals surface area contributed by atoms with Crippen LogP contribution in [0, 0.1) is 0 Å². The minimum Gasteiger partial charge on any atom is -0.497 e. The highest BCUT2D eigenvalue weighted by Crippen LogP contribution is 2.28. The van der Waals surface area contributed by atoms with Crippen LogP contribution >= 0.6 is 27.3 Å². The summed E-state index contributed by atoms with van der Waals surface area (Å²) in [5.74, 6) is 0.144. The summed E-state index contributed by atoms with van der Waals surface area (Å²) in [5, 5.41) is 0. The van der Waals surface area contributed by atoms with Crippen LogP contribution < -0.4 is 9.54 Å². The standard InChI is InChI=1S/C21H22BrN3O4S2/c1-3-24-17-11-6-14(22)13-19(17)30-21(24)23-20(26)18-5-4-12-25(18)31(27,28)16-9-7-15(29-2)8-10-16/h6-11,13,18H,3-5,12H2,1-2H3. The number of sulfonamides is 1. The minimum absolute atomic E-state index is 0.142. The number of hydrogen-bond acceptors (Lipinski definition) is 5. The number of thiazole rings is 1. The Kier molecular flexibility index (Phi) is 6.34. The number of rotatable bonds is 5. The van der Waals surface area contributed by atoms with Gasteiger partial charge in [-0.3, -0.25) is 4.79 Å². The highest BCUT2D eigenvalue weighted by Gasteiger charge is 2.39. The predicted molar refractivity (Wildman–Crippen MR) is 124 cm³/mol. The number of carbonyl (C=O) groups is 1. The molecule has 1 amide bonds. The lowest BCUT2D eigenvalue weighted by Gasteiger charge is -2.21. The maximum atomic E-state index is 13.2. The number of benzene rings is 2. The lowest BCUT2D eigenvalue weighted by molar-refractivity contribution is -0.121. The number of carbonyl (C=O) groups excluding carboxylic acids is 1. The molecule has 10 heteroatoms. The Hall–Kier alpha value is -2.01. The van der Waals surface area contributed by atoms with Gasteiger partial charge in [0.25, 0.3) is 5.91 Å². The molecule has 1 aliphatic rings. The Balaban J connectivity index is 1.69. The van der Waals surface area contributed by atoms with Crippen molar-refractivity contribution in [2.75, 3.05) is 13.7 Å². The first-order valence-corrected chi connectivity index (χ1v) is 12.9. The van der Waals surface area contributed by atoms with Crippen LogP contribution in [0.25, 0.3) is 10.2 Å². The van der Waals surface area contributed by atoms with E-state index in [2.05, 4.69) is 20.9 Å². The van der Waals surface area contributed by atoms with Crippen molar-refractivity contribution in [2.24, 2.45) is 4.99 Å². The zero-order valence-corrected chi connectivity index (χ0v) is 20.3. The molecule has 2 aromatic carbocycles. The van der Waals surface area contributed by atoms with E-state index in [9.17, 15) is 13.2 Å².